The Kier molecular flexibility index (Phi) is 6.40. The molecule has 0 atom stereocenters. The second-order valence-electron chi connectivity index (χ2n) is 5.09. The van der Waals surface area contributed by atoms with E-state index in [1.807, 2.05) is 24.4 Å². The molecule has 0 saturated carbocycles. The van der Waals surface area contributed by atoms with Crippen molar-refractivity contribution >= 4 is 17.2 Å². The highest BCUT2D eigenvalue weighted by Crippen LogP contribution is 2.13. The first-order valence-corrected chi connectivity index (χ1v) is 8.49. The topological polar surface area (TPSA) is 51.2 Å². The summed E-state index contributed by atoms with van der Waals surface area (Å²) < 4.78 is 5.58. The standard InChI is InChI=1S/C17H22N2O2S/c1-3-4-11-21-16-7-5-14(6-8-16)17(20)18-10-9-15-12-22-13(2)19-15/h5-8,12H,3-4,9-11H2,1-2H3,(H,18,20). The molecule has 0 aliphatic rings. The first kappa shape index (κ1) is 16.5. The average Bonchev–Trinajstić information content (AvgIpc) is 2.93. The van der Waals surface area contributed by atoms with Crippen LogP contribution in [0.2, 0.25) is 0 Å². The smallest absolute Gasteiger partial charge is 0.251 e. The van der Waals surface area contributed by atoms with Crippen molar-refractivity contribution in [1.29, 1.82) is 0 Å². The number of nitrogens with zero attached hydrogens (tertiary/aromatic N) is 1. The van der Waals surface area contributed by atoms with Crippen LogP contribution in [-0.4, -0.2) is 24.0 Å². The number of carbonyl (C=O) groups excluding carboxylic acids is 1. The van der Waals surface area contributed by atoms with Gasteiger partial charge in [-0.2, -0.15) is 0 Å². The molecule has 118 valence electrons. The fourth-order valence-corrected chi connectivity index (χ4v) is 2.61. The van der Waals surface area contributed by atoms with Crippen LogP contribution >= 0.6 is 11.3 Å². The van der Waals surface area contributed by atoms with Crippen molar-refractivity contribution in [2.75, 3.05) is 13.2 Å². The zero-order valence-electron chi connectivity index (χ0n) is 13.1. The van der Waals surface area contributed by atoms with E-state index in [2.05, 4.69) is 17.2 Å². The Balaban J connectivity index is 1.77. The predicted molar refractivity (Wildman–Crippen MR) is 89.7 cm³/mol. The van der Waals surface area contributed by atoms with Crippen molar-refractivity contribution in [3.63, 3.8) is 0 Å². The van der Waals surface area contributed by atoms with E-state index in [0.29, 0.717) is 12.1 Å². The van der Waals surface area contributed by atoms with E-state index in [9.17, 15) is 4.79 Å². The van der Waals surface area contributed by atoms with Gasteiger partial charge in [-0.25, -0.2) is 4.98 Å². The average molecular weight is 318 g/mol. The molecule has 0 aliphatic carbocycles. The van der Waals surface area contributed by atoms with Gasteiger partial charge in [0, 0.05) is 23.9 Å². The van der Waals surface area contributed by atoms with Crippen molar-refractivity contribution in [2.45, 2.75) is 33.1 Å². The fourth-order valence-electron chi connectivity index (χ4n) is 1.97. The largest absolute Gasteiger partial charge is 0.494 e. The summed E-state index contributed by atoms with van der Waals surface area (Å²) in [6.45, 7) is 5.42. The van der Waals surface area contributed by atoms with E-state index in [4.69, 9.17) is 4.74 Å². The van der Waals surface area contributed by atoms with E-state index in [-0.39, 0.29) is 5.91 Å². The molecule has 1 N–H and O–H groups in total. The van der Waals surface area contributed by atoms with Crippen molar-refractivity contribution < 1.29 is 9.53 Å². The molecule has 1 aromatic carbocycles. The van der Waals surface area contributed by atoms with Crippen LogP contribution in [0.25, 0.3) is 0 Å². The number of hydrogen-bond acceptors (Lipinski definition) is 4. The Morgan fingerprint density at radius 3 is 2.73 bits per heavy atom. The highest BCUT2D eigenvalue weighted by molar-refractivity contribution is 7.09. The SMILES string of the molecule is CCCCOc1ccc(C(=O)NCCc2csc(C)n2)cc1. The molecule has 4 nitrogen and oxygen atoms in total. The lowest BCUT2D eigenvalue weighted by atomic mass is 10.2. The van der Waals surface area contributed by atoms with Crippen LogP contribution in [0.3, 0.4) is 0 Å². The van der Waals surface area contributed by atoms with Gasteiger partial charge in [0.1, 0.15) is 5.75 Å². The summed E-state index contributed by atoms with van der Waals surface area (Å²) in [6, 6.07) is 7.27. The molecule has 22 heavy (non-hydrogen) atoms. The second-order valence-corrected chi connectivity index (χ2v) is 6.15. The number of aromatic nitrogens is 1. The molecular formula is C17H22N2O2S. The lowest BCUT2D eigenvalue weighted by Crippen LogP contribution is -2.25. The zero-order valence-corrected chi connectivity index (χ0v) is 13.9. The molecule has 2 rings (SSSR count). The van der Waals surface area contributed by atoms with Crippen LogP contribution in [0, 0.1) is 6.92 Å². The third-order valence-electron chi connectivity index (χ3n) is 3.22. The maximum Gasteiger partial charge on any atom is 0.251 e. The summed E-state index contributed by atoms with van der Waals surface area (Å²) in [7, 11) is 0. The third kappa shape index (κ3) is 5.15. The number of amides is 1. The minimum atomic E-state index is -0.0629. The summed E-state index contributed by atoms with van der Waals surface area (Å²) in [6.07, 6.45) is 2.91. The minimum Gasteiger partial charge on any atom is -0.494 e. The Bertz CT molecular complexity index is 593. The molecule has 0 fully saturated rings. The molecule has 0 unspecified atom stereocenters. The van der Waals surface area contributed by atoms with Crippen LogP contribution in [0.4, 0.5) is 0 Å². The first-order valence-electron chi connectivity index (χ1n) is 7.61. The van der Waals surface area contributed by atoms with Gasteiger partial charge in [0.2, 0.25) is 0 Å². The van der Waals surface area contributed by atoms with E-state index < -0.39 is 0 Å². The summed E-state index contributed by atoms with van der Waals surface area (Å²) in [5.74, 6) is 0.745. The monoisotopic (exact) mass is 318 g/mol. The van der Waals surface area contributed by atoms with E-state index >= 15 is 0 Å². The van der Waals surface area contributed by atoms with Gasteiger partial charge in [-0.05, 0) is 37.6 Å². The van der Waals surface area contributed by atoms with Gasteiger partial charge in [-0.1, -0.05) is 13.3 Å². The maximum absolute atomic E-state index is 12.0. The van der Waals surface area contributed by atoms with Crippen LogP contribution in [0.15, 0.2) is 29.6 Å². The summed E-state index contributed by atoms with van der Waals surface area (Å²) >= 11 is 1.63. The van der Waals surface area contributed by atoms with Gasteiger partial charge < -0.3 is 10.1 Å². The Morgan fingerprint density at radius 2 is 2.09 bits per heavy atom. The van der Waals surface area contributed by atoms with Crippen molar-refractivity contribution in [2.24, 2.45) is 0 Å². The van der Waals surface area contributed by atoms with Crippen LogP contribution in [-0.2, 0) is 6.42 Å². The molecule has 1 heterocycles. The number of hydrogen-bond donors (Lipinski definition) is 1. The van der Waals surface area contributed by atoms with Crippen molar-refractivity contribution in [1.82, 2.24) is 10.3 Å². The Morgan fingerprint density at radius 1 is 1.32 bits per heavy atom. The fraction of sp³-hybridized carbons (Fsp3) is 0.412. The third-order valence-corrected chi connectivity index (χ3v) is 4.04. The van der Waals surface area contributed by atoms with Crippen molar-refractivity contribution in [3.8, 4) is 5.75 Å². The minimum absolute atomic E-state index is 0.0629. The highest BCUT2D eigenvalue weighted by Gasteiger charge is 2.06. The zero-order chi connectivity index (χ0) is 15.8. The molecule has 0 aliphatic heterocycles. The Hall–Kier alpha value is -1.88. The first-order chi connectivity index (χ1) is 10.7. The summed E-state index contributed by atoms with van der Waals surface area (Å²) in [5.41, 5.74) is 1.68. The van der Waals surface area contributed by atoms with E-state index in [1.165, 1.54) is 0 Å². The molecule has 0 radical (unpaired) electrons. The molecule has 0 saturated heterocycles. The number of benzene rings is 1. The molecule has 0 bridgehead atoms. The summed E-state index contributed by atoms with van der Waals surface area (Å²) in [4.78, 5) is 16.4. The number of nitrogens with one attached hydrogen (secondary N) is 1. The van der Waals surface area contributed by atoms with Gasteiger partial charge in [0.25, 0.3) is 5.91 Å². The van der Waals surface area contributed by atoms with Crippen molar-refractivity contribution in [3.05, 3.63) is 45.9 Å². The van der Waals surface area contributed by atoms with Gasteiger partial charge in [-0.15, -0.1) is 11.3 Å². The number of ether oxygens (including phenoxy) is 1. The molecule has 2 aromatic rings. The number of unbranched alkanes of at least 4 members (excludes halogenated alkanes) is 1. The quantitative estimate of drug-likeness (QED) is 0.757. The molecule has 1 amide bonds. The van der Waals surface area contributed by atoms with E-state index in [0.717, 1.165) is 42.3 Å². The van der Waals surface area contributed by atoms with E-state index in [1.54, 1.807) is 23.5 Å². The number of rotatable bonds is 8. The van der Waals surface area contributed by atoms with Crippen LogP contribution in [0.5, 0.6) is 5.75 Å². The predicted octanol–water partition coefficient (Wildman–Crippen LogP) is 3.60. The van der Waals surface area contributed by atoms with Gasteiger partial charge in [0.05, 0.1) is 17.3 Å². The molecule has 5 heteroatoms. The molecular weight excluding hydrogens is 296 g/mol. The molecule has 1 aromatic heterocycles. The maximum atomic E-state index is 12.0. The molecule has 0 spiro atoms. The number of aryl methyl sites for hydroxylation is 1. The van der Waals surface area contributed by atoms with Gasteiger partial charge in [0.15, 0.2) is 0 Å². The Labute approximate surface area is 135 Å². The second kappa shape index (κ2) is 8.54. The van der Waals surface area contributed by atoms with Crippen LogP contribution in [0.1, 0.15) is 40.8 Å². The normalized spacial score (nSPS) is 10.5. The lowest BCUT2D eigenvalue weighted by Gasteiger charge is -2.07. The van der Waals surface area contributed by atoms with Gasteiger partial charge >= 0.3 is 0 Å². The lowest BCUT2D eigenvalue weighted by molar-refractivity contribution is 0.0954. The van der Waals surface area contributed by atoms with Gasteiger partial charge in [-0.3, -0.25) is 4.79 Å². The number of carbonyl (C=O) groups is 1. The number of thiazole rings is 1. The highest BCUT2D eigenvalue weighted by atomic mass is 32.1. The summed E-state index contributed by atoms with van der Waals surface area (Å²) in [5, 5.41) is 6.00. The van der Waals surface area contributed by atoms with Crippen LogP contribution < -0.4 is 10.1 Å².